The number of carbonyl (C=O) groups excluding carboxylic acids is 1. The summed E-state index contributed by atoms with van der Waals surface area (Å²) in [6, 6.07) is 1.46. The molecule has 0 unspecified atom stereocenters. The monoisotopic (exact) mass is 184 g/mol. The van der Waals surface area contributed by atoms with Crippen molar-refractivity contribution in [2.24, 2.45) is 0 Å². The Labute approximate surface area is 75.0 Å². The summed E-state index contributed by atoms with van der Waals surface area (Å²) >= 11 is 1.18. The number of hydrogen-bond acceptors (Lipinski definition) is 2. The molecule has 65 valence electrons. The van der Waals surface area contributed by atoms with Crippen molar-refractivity contribution in [2.45, 2.75) is 19.9 Å². The number of thiophene rings is 1. The Kier molecular flexibility index (Phi) is 2.70. The zero-order valence-corrected chi connectivity index (χ0v) is 7.77. The molecule has 0 aliphatic rings. The lowest BCUT2D eigenvalue weighted by Gasteiger charge is -2.05. The highest BCUT2D eigenvalue weighted by Crippen LogP contribution is 2.20. The molecule has 0 spiro atoms. The molecule has 0 atom stereocenters. The average Bonchev–Trinajstić information content (AvgIpc) is 2.34. The maximum absolute atomic E-state index is 11.2. The Morgan fingerprint density at radius 1 is 1.58 bits per heavy atom. The third-order valence-corrected chi connectivity index (χ3v) is 2.13. The Balaban J connectivity index is 2.65. The first-order chi connectivity index (χ1) is 5.59. The lowest BCUT2D eigenvalue weighted by Crippen LogP contribution is -2.29. The zero-order chi connectivity index (χ0) is 9.14. The highest BCUT2D eigenvalue weighted by molar-refractivity contribution is 7.12. The van der Waals surface area contributed by atoms with Crippen LogP contribution in [0.1, 0.15) is 23.5 Å². The van der Waals surface area contributed by atoms with Crippen molar-refractivity contribution in [3.8, 4) is 5.75 Å². The highest BCUT2D eigenvalue weighted by Gasteiger charge is 2.09. The molecule has 1 rings (SSSR count). The molecular weight excluding hydrogens is 174 g/mol. The summed E-state index contributed by atoms with van der Waals surface area (Å²) in [6.07, 6.45) is 0. The second kappa shape index (κ2) is 3.58. The van der Waals surface area contributed by atoms with Gasteiger partial charge < -0.3 is 5.32 Å². The zero-order valence-electron chi connectivity index (χ0n) is 6.96. The standard InChI is InChI=1S/C8H10NO2S/c1-5(2)9-8(11)7-3-6(10)4-12-7/h3-5H,1-2H3,(H,9,11). The van der Waals surface area contributed by atoms with E-state index >= 15 is 0 Å². The highest BCUT2D eigenvalue weighted by atomic mass is 32.1. The number of carbonyl (C=O) groups is 1. The molecule has 4 heteroatoms. The largest absolute Gasteiger partial charge is 0.349 e. The molecule has 1 amide bonds. The maximum atomic E-state index is 11.2. The molecule has 0 bridgehead atoms. The molecule has 0 fully saturated rings. The first-order valence-electron chi connectivity index (χ1n) is 3.66. The quantitative estimate of drug-likeness (QED) is 0.751. The summed E-state index contributed by atoms with van der Waals surface area (Å²) in [5, 5.41) is 14.8. The van der Waals surface area contributed by atoms with E-state index in [1.54, 1.807) is 0 Å². The van der Waals surface area contributed by atoms with E-state index in [4.69, 9.17) is 0 Å². The van der Waals surface area contributed by atoms with Gasteiger partial charge >= 0.3 is 0 Å². The fourth-order valence-electron chi connectivity index (χ4n) is 0.771. The van der Waals surface area contributed by atoms with Crippen LogP contribution in [0.5, 0.6) is 5.75 Å². The van der Waals surface area contributed by atoms with Crippen molar-refractivity contribution in [1.29, 1.82) is 0 Å². The molecule has 0 saturated carbocycles. The van der Waals surface area contributed by atoms with E-state index in [-0.39, 0.29) is 17.7 Å². The van der Waals surface area contributed by atoms with Gasteiger partial charge in [0, 0.05) is 17.5 Å². The predicted octanol–water partition coefficient (Wildman–Crippen LogP) is 2.03. The Morgan fingerprint density at radius 2 is 2.25 bits per heavy atom. The van der Waals surface area contributed by atoms with Crippen molar-refractivity contribution >= 4 is 17.2 Å². The van der Waals surface area contributed by atoms with E-state index < -0.39 is 0 Å². The third-order valence-electron chi connectivity index (χ3n) is 1.22. The van der Waals surface area contributed by atoms with E-state index in [2.05, 4.69) is 5.32 Å². The van der Waals surface area contributed by atoms with Crippen LogP contribution in [0.4, 0.5) is 0 Å². The van der Waals surface area contributed by atoms with Gasteiger partial charge in [0.25, 0.3) is 5.91 Å². The van der Waals surface area contributed by atoms with Crippen LogP contribution in [0.25, 0.3) is 0 Å². The van der Waals surface area contributed by atoms with Gasteiger partial charge in [-0.05, 0) is 13.8 Å². The summed E-state index contributed by atoms with van der Waals surface area (Å²) in [7, 11) is 0. The Bertz CT molecular complexity index is 280. The molecule has 1 aromatic heterocycles. The molecule has 0 saturated heterocycles. The molecule has 1 N–H and O–H groups in total. The Hall–Kier alpha value is -1.03. The lowest BCUT2D eigenvalue weighted by molar-refractivity contribution is 0.0947. The molecule has 0 aliphatic carbocycles. The van der Waals surface area contributed by atoms with Crippen molar-refractivity contribution in [3.05, 3.63) is 16.3 Å². The number of hydrogen-bond donors (Lipinski definition) is 1. The topological polar surface area (TPSA) is 49.0 Å². The van der Waals surface area contributed by atoms with Gasteiger partial charge in [0.1, 0.15) is 0 Å². The van der Waals surface area contributed by atoms with E-state index in [1.165, 1.54) is 22.8 Å². The minimum absolute atomic E-state index is 0.103. The molecule has 1 aromatic rings. The van der Waals surface area contributed by atoms with Gasteiger partial charge in [-0.2, -0.15) is 0 Å². The molecular formula is C8H10NO2S. The fourth-order valence-corrected chi connectivity index (χ4v) is 1.43. The summed E-state index contributed by atoms with van der Waals surface area (Å²) in [4.78, 5) is 11.7. The van der Waals surface area contributed by atoms with Crippen LogP contribution in [0.2, 0.25) is 0 Å². The third kappa shape index (κ3) is 2.23. The van der Waals surface area contributed by atoms with Crippen LogP contribution in [-0.4, -0.2) is 11.9 Å². The van der Waals surface area contributed by atoms with Gasteiger partial charge in [0.05, 0.1) is 4.88 Å². The van der Waals surface area contributed by atoms with Gasteiger partial charge in [-0.25, -0.2) is 0 Å². The minimum Gasteiger partial charge on any atom is -0.349 e. The van der Waals surface area contributed by atoms with Crippen LogP contribution in [0.15, 0.2) is 11.4 Å². The van der Waals surface area contributed by atoms with Crippen LogP contribution in [0.3, 0.4) is 0 Å². The van der Waals surface area contributed by atoms with E-state index in [9.17, 15) is 9.90 Å². The fraction of sp³-hybridized carbons (Fsp3) is 0.375. The summed E-state index contributed by atoms with van der Waals surface area (Å²) in [6.45, 7) is 3.76. The van der Waals surface area contributed by atoms with Crippen LogP contribution in [-0.2, 0) is 5.11 Å². The minimum atomic E-state index is -0.169. The summed E-state index contributed by atoms with van der Waals surface area (Å²) in [5.41, 5.74) is 0. The number of nitrogens with one attached hydrogen (secondary N) is 1. The normalized spacial score (nSPS) is 10.2. The smallest absolute Gasteiger partial charge is 0.261 e. The van der Waals surface area contributed by atoms with Gasteiger partial charge in [-0.15, -0.1) is 11.3 Å². The van der Waals surface area contributed by atoms with E-state index in [0.717, 1.165) is 0 Å². The summed E-state index contributed by atoms with van der Waals surface area (Å²) in [5.74, 6) is -0.272. The van der Waals surface area contributed by atoms with Gasteiger partial charge in [0.2, 0.25) is 0 Å². The van der Waals surface area contributed by atoms with Crippen molar-refractivity contribution in [1.82, 2.24) is 5.32 Å². The lowest BCUT2D eigenvalue weighted by atomic mass is 10.3. The molecule has 0 aliphatic heterocycles. The second-order valence-corrected chi connectivity index (χ2v) is 3.69. The van der Waals surface area contributed by atoms with E-state index in [0.29, 0.717) is 4.88 Å². The van der Waals surface area contributed by atoms with Crippen LogP contribution < -0.4 is 5.32 Å². The maximum Gasteiger partial charge on any atom is 0.261 e. The van der Waals surface area contributed by atoms with Crippen molar-refractivity contribution in [3.63, 3.8) is 0 Å². The van der Waals surface area contributed by atoms with Gasteiger partial charge in [-0.1, -0.05) is 0 Å². The molecule has 12 heavy (non-hydrogen) atoms. The van der Waals surface area contributed by atoms with Crippen molar-refractivity contribution in [2.75, 3.05) is 0 Å². The first-order valence-corrected chi connectivity index (χ1v) is 4.54. The molecule has 3 nitrogen and oxygen atoms in total. The second-order valence-electron chi connectivity index (χ2n) is 2.77. The molecule has 1 heterocycles. The number of amides is 1. The van der Waals surface area contributed by atoms with Crippen molar-refractivity contribution < 1.29 is 9.90 Å². The van der Waals surface area contributed by atoms with Crippen LogP contribution in [0, 0.1) is 0 Å². The van der Waals surface area contributed by atoms with Gasteiger partial charge in [-0.3, -0.25) is 9.90 Å². The molecule has 0 aromatic carbocycles. The molecule has 1 radical (unpaired) electrons. The first kappa shape index (κ1) is 9.06. The average molecular weight is 184 g/mol. The summed E-state index contributed by atoms with van der Waals surface area (Å²) < 4.78 is 0. The SMILES string of the molecule is CC(C)NC(=O)c1cc([O])cs1. The van der Waals surface area contributed by atoms with Gasteiger partial charge in [0.15, 0.2) is 5.75 Å². The predicted molar refractivity (Wildman–Crippen MR) is 47.1 cm³/mol. The van der Waals surface area contributed by atoms with E-state index in [1.807, 2.05) is 13.8 Å². The van der Waals surface area contributed by atoms with Crippen LogP contribution >= 0.6 is 11.3 Å². The Morgan fingerprint density at radius 3 is 2.67 bits per heavy atom. The number of rotatable bonds is 2.